The second-order valence-corrected chi connectivity index (χ2v) is 8.65. The maximum atomic E-state index is 15.1. The summed E-state index contributed by atoms with van der Waals surface area (Å²) in [6.07, 6.45) is 4.60. The highest BCUT2D eigenvalue weighted by Gasteiger charge is 2.51. The molecule has 34 heavy (non-hydrogen) atoms. The fourth-order valence-corrected chi connectivity index (χ4v) is 4.92. The quantitative estimate of drug-likeness (QED) is 0.544. The SMILES string of the molecule is CN1C(=O)N(c2c(F)cc(C#Cc3ccccc3)cc2F)C(=O)C[C@]12CCCCc1[nH]ncc12. The number of carbonyl (C=O) groups is 2. The molecule has 2 heterocycles. The van der Waals surface area contributed by atoms with Gasteiger partial charge in [0.15, 0.2) is 11.6 Å². The Morgan fingerprint density at radius 1 is 1.03 bits per heavy atom. The summed E-state index contributed by atoms with van der Waals surface area (Å²) in [6, 6.07) is 10.3. The number of amides is 3. The number of aromatic amines is 1. The van der Waals surface area contributed by atoms with E-state index < -0.39 is 34.8 Å². The van der Waals surface area contributed by atoms with Gasteiger partial charge in [-0.25, -0.2) is 18.5 Å². The lowest BCUT2D eigenvalue weighted by Gasteiger charge is -2.47. The molecule has 8 heteroatoms. The molecular formula is C26H22F2N4O2. The summed E-state index contributed by atoms with van der Waals surface area (Å²) in [5.41, 5.74) is 0.915. The number of aryl methyl sites for hydroxylation is 1. The van der Waals surface area contributed by atoms with Gasteiger partial charge >= 0.3 is 6.03 Å². The molecule has 3 aromatic rings. The van der Waals surface area contributed by atoms with Gasteiger partial charge in [0.25, 0.3) is 0 Å². The van der Waals surface area contributed by atoms with Crippen LogP contribution < -0.4 is 4.90 Å². The van der Waals surface area contributed by atoms with Crippen LogP contribution in [0.25, 0.3) is 0 Å². The molecule has 0 unspecified atom stereocenters. The number of halogens is 2. The van der Waals surface area contributed by atoms with E-state index in [9.17, 15) is 9.59 Å². The van der Waals surface area contributed by atoms with Crippen LogP contribution in [0.3, 0.4) is 0 Å². The fourth-order valence-electron chi connectivity index (χ4n) is 4.92. The molecule has 1 atom stereocenters. The summed E-state index contributed by atoms with van der Waals surface area (Å²) in [4.78, 5) is 28.7. The van der Waals surface area contributed by atoms with Gasteiger partial charge in [0.2, 0.25) is 5.91 Å². The number of H-pyrrole nitrogens is 1. The van der Waals surface area contributed by atoms with Crippen LogP contribution in [0.1, 0.15) is 48.1 Å². The third kappa shape index (κ3) is 3.54. The minimum absolute atomic E-state index is 0.0871. The van der Waals surface area contributed by atoms with Crippen molar-refractivity contribution in [2.45, 2.75) is 37.6 Å². The average molecular weight is 460 g/mol. The van der Waals surface area contributed by atoms with Crippen molar-refractivity contribution in [2.75, 3.05) is 11.9 Å². The minimum Gasteiger partial charge on any atom is -0.317 e. The Morgan fingerprint density at radius 2 is 1.74 bits per heavy atom. The van der Waals surface area contributed by atoms with Gasteiger partial charge in [-0.3, -0.25) is 9.89 Å². The van der Waals surface area contributed by atoms with Crippen molar-refractivity contribution in [1.82, 2.24) is 15.1 Å². The highest BCUT2D eigenvalue weighted by atomic mass is 19.1. The molecule has 1 spiro atoms. The van der Waals surface area contributed by atoms with Crippen LogP contribution >= 0.6 is 0 Å². The normalized spacial score (nSPS) is 20.1. The topological polar surface area (TPSA) is 69.3 Å². The van der Waals surface area contributed by atoms with Crippen LogP contribution in [-0.4, -0.2) is 34.1 Å². The largest absolute Gasteiger partial charge is 0.332 e. The van der Waals surface area contributed by atoms with E-state index in [2.05, 4.69) is 22.0 Å². The number of hydrogen-bond acceptors (Lipinski definition) is 3. The van der Waals surface area contributed by atoms with Gasteiger partial charge in [0.1, 0.15) is 5.69 Å². The van der Waals surface area contributed by atoms with Gasteiger partial charge in [0, 0.05) is 29.4 Å². The van der Waals surface area contributed by atoms with E-state index >= 15 is 8.78 Å². The third-order valence-electron chi connectivity index (χ3n) is 6.67. The number of carbonyl (C=O) groups excluding carboxylic acids is 2. The molecule has 0 radical (unpaired) electrons. The zero-order valence-electron chi connectivity index (χ0n) is 18.6. The van der Waals surface area contributed by atoms with E-state index in [1.54, 1.807) is 25.4 Å². The van der Waals surface area contributed by atoms with Crippen molar-refractivity contribution >= 4 is 17.6 Å². The first-order valence-corrected chi connectivity index (χ1v) is 11.1. The Morgan fingerprint density at radius 3 is 2.47 bits per heavy atom. The van der Waals surface area contributed by atoms with Crippen LogP contribution in [0, 0.1) is 23.5 Å². The molecular weight excluding hydrogens is 438 g/mol. The summed E-state index contributed by atoms with van der Waals surface area (Å²) in [6.45, 7) is 0. The Bertz CT molecular complexity index is 1320. The van der Waals surface area contributed by atoms with Gasteiger partial charge in [-0.2, -0.15) is 5.10 Å². The van der Waals surface area contributed by atoms with Crippen molar-refractivity contribution in [1.29, 1.82) is 0 Å². The van der Waals surface area contributed by atoms with Crippen molar-refractivity contribution in [2.24, 2.45) is 0 Å². The molecule has 6 nitrogen and oxygen atoms in total. The van der Waals surface area contributed by atoms with E-state index in [1.165, 1.54) is 4.90 Å². The van der Waals surface area contributed by atoms with Crippen molar-refractivity contribution < 1.29 is 18.4 Å². The Balaban J connectivity index is 1.50. The van der Waals surface area contributed by atoms with Crippen LogP contribution in [0.2, 0.25) is 0 Å². The number of rotatable bonds is 1. The molecule has 0 saturated carbocycles. The van der Waals surface area contributed by atoms with Crippen molar-refractivity contribution in [3.8, 4) is 11.8 Å². The lowest BCUT2D eigenvalue weighted by Crippen LogP contribution is -2.61. The number of nitrogens with one attached hydrogen (secondary N) is 1. The molecule has 5 rings (SSSR count). The standard InChI is InChI=1S/C26H22F2N4O2/c1-31-25(34)32(23(33)15-26(31)12-6-5-9-22-19(26)16-29-30-22)24-20(27)13-18(14-21(24)28)11-10-17-7-3-2-4-8-17/h2-4,7-8,13-14,16H,5-6,9,12,15H2,1H3,(H,29,30)/t26-/m0/s1. The zero-order chi connectivity index (χ0) is 23.9. The van der Waals surface area contributed by atoms with Crippen molar-refractivity contribution in [3.05, 3.63) is 82.7 Å². The number of imide groups is 1. The average Bonchev–Trinajstić information content (AvgIpc) is 3.23. The molecule has 1 saturated heterocycles. The first-order chi connectivity index (χ1) is 16.4. The van der Waals surface area contributed by atoms with E-state index in [4.69, 9.17) is 0 Å². The number of aromatic nitrogens is 2. The molecule has 1 N–H and O–H groups in total. The Hall–Kier alpha value is -3.99. The van der Waals surface area contributed by atoms with E-state index in [-0.39, 0.29) is 12.0 Å². The monoisotopic (exact) mass is 460 g/mol. The summed E-state index contributed by atoms with van der Waals surface area (Å²) < 4.78 is 30.2. The first kappa shape index (κ1) is 21.8. The van der Waals surface area contributed by atoms with Gasteiger partial charge < -0.3 is 4.90 Å². The van der Waals surface area contributed by atoms with Gasteiger partial charge in [-0.15, -0.1) is 0 Å². The van der Waals surface area contributed by atoms with E-state index in [0.717, 1.165) is 42.7 Å². The molecule has 0 bridgehead atoms. The van der Waals surface area contributed by atoms with Gasteiger partial charge in [-0.1, -0.05) is 36.5 Å². The number of urea groups is 1. The van der Waals surface area contributed by atoms with Crippen molar-refractivity contribution in [3.63, 3.8) is 0 Å². The third-order valence-corrected chi connectivity index (χ3v) is 6.67. The number of anilines is 1. The number of nitrogens with zero attached hydrogens (tertiary/aromatic N) is 3. The number of benzene rings is 2. The molecule has 2 aliphatic rings. The smallest absolute Gasteiger partial charge is 0.317 e. The van der Waals surface area contributed by atoms with Crippen LogP contribution in [-0.2, 0) is 16.8 Å². The highest BCUT2D eigenvalue weighted by molar-refractivity contribution is 6.16. The molecule has 1 fully saturated rings. The van der Waals surface area contributed by atoms with Crippen LogP contribution in [0.5, 0.6) is 0 Å². The fraction of sp³-hybridized carbons (Fsp3) is 0.269. The molecule has 2 aromatic carbocycles. The summed E-state index contributed by atoms with van der Waals surface area (Å²) >= 11 is 0. The van der Waals surface area contributed by atoms with Crippen LogP contribution in [0.15, 0.2) is 48.7 Å². The first-order valence-electron chi connectivity index (χ1n) is 11.1. The number of fused-ring (bicyclic) bond motifs is 2. The second kappa shape index (κ2) is 8.41. The Kier molecular flexibility index (Phi) is 5.40. The molecule has 3 amide bonds. The lowest BCUT2D eigenvalue weighted by atomic mass is 9.80. The maximum absolute atomic E-state index is 15.1. The highest BCUT2D eigenvalue weighted by Crippen LogP contribution is 2.45. The Labute approximate surface area is 195 Å². The van der Waals surface area contributed by atoms with Gasteiger partial charge in [-0.05, 0) is 43.5 Å². The lowest BCUT2D eigenvalue weighted by molar-refractivity contribution is -0.122. The maximum Gasteiger partial charge on any atom is 0.332 e. The summed E-state index contributed by atoms with van der Waals surface area (Å²) in [5.74, 6) is 2.87. The van der Waals surface area contributed by atoms with E-state index in [0.29, 0.717) is 16.9 Å². The van der Waals surface area contributed by atoms with Crippen LogP contribution in [0.4, 0.5) is 19.3 Å². The molecule has 1 aliphatic heterocycles. The van der Waals surface area contributed by atoms with E-state index in [1.807, 2.05) is 18.2 Å². The summed E-state index contributed by atoms with van der Waals surface area (Å²) in [5, 5.41) is 7.08. The molecule has 172 valence electrons. The molecule has 1 aliphatic carbocycles. The predicted octanol–water partition coefficient (Wildman–Crippen LogP) is 4.50. The number of hydrogen-bond donors (Lipinski definition) is 1. The molecule has 1 aromatic heterocycles. The van der Waals surface area contributed by atoms with Gasteiger partial charge in [0.05, 0.1) is 18.2 Å². The second-order valence-electron chi connectivity index (χ2n) is 8.65. The summed E-state index contributed by atoms with van der Waals surface area (Å²) in [7, 11) is 1.57. The minimum atomic E-state index is -1.02. The predicted molar refractivity (Wildman–Crippen MR) is 122 cm³/mol. The zero-order valence-corrected chi connectivity index (χ0v) is 18.6.